The van der Waals surface area contributed by atoms with E-state index in [0.717, 1.165) is 0 Å². The third-order valence-electron chi connectivity index (χ3n) is 4.40. The Bertz CT molecular complexity index is 1200. The molecular weight excluding hydrogens is 320 g/mol. The molecule has 0 saturated heterocycles. The summed E-state index contributed by atoms with van der Waals surface area (Å²) in [5.41, 5.74) is -1.41. The number of phenolic OH excluding ortho intramolecular Hbond substituents is 2. The Labute approximate surface area is 148 Å². The lowest BCUT2D eigenvalue weighted by Crippen LogP contribution is -2.32. The normalized spacial score (nSPS) is 18.0. The molecule has 5 rings (SSSR count). The predicted molar refractivity (Wildman–Crippen MR) is 88.0 cm³/mol. The minimum Gasteiger partial charge on any atom is -0.508 e. The van der Waals surface area contributed by atoms with E-state index in [1.165, 1.54) is 36.4 Å². The molecule has 0 bridgehead atoms. The molecule has 3 aromatic carbocycles. The van der Waals surface area contributed by atoms with Gasteiger partial charge in [0.05, 0.1) is 11.0 Å². The zero-order chi connectivity index (χ0) is 20.7. The van der Waals surface area contributed by atoms with Crippen molar-refractivity contribution >= 4 is 5.97 Å². The first-order chi connectivity index (χ1) is 13.8. The van der Waals surface area contributed by atoms with Crippen molar-refractivity contribution in [2.45, 2.75) is 5.60 Å². The minimum atomic E-state index is -1.72. The second-order valence-corrected chi connectivity index (χ2v) is 5.78. The van der Waals surface area contributed by atoms with Crippen LogP contribution in [0.5, 0.6) is 23.0 Å². The summed E-state index contributed by atoms with van der Waals surface area (Å²) in [7, 11) is 0. The molecule has 5 heteroatoms. The highest BCUT2D eigenvalue weighted by atomic mass is 16.6. The number of phenols is 2. The highest BCUT2D eigenvalue weighted by Crippen LogP contribution is 2.56. The smallest absolute Gasteiger partial charge is 0.340 e. The van der Waals surface area contributed by atoms with Crippen LogP contribution < -0.4 is 4.74 Å². The molecule has 0 aromatic heterocycles. The van der Waals surface area contributed by atoms with E-state index < -0.39 is 35.7 Å². The number of carbonyl (C=O) groups excluding carboxylic acids is 1. The van der Waals surface area contributed by atoms with Gasteiger partial charge >= 0.3 is 5.97 Å². The Balaban J connectivity index is 1.98. The van der Waals surface area contributed by atoms with E-state index in [4.69, 9.17) is 15.0 Å². The highest BCUT2D eigenvalue weighted by Gasteiger charge is 2.53. The highest BCUT2D eigenvalue weighted by molar-refractivity contribution is 5.97. The first-order valence-corrected chi connectivity index (χ1v) is 7.44. The van der Waals surface area contributed by atoms with Gasteiger partial charge in [-0.1, -0.05) is 18.1 Å². The van der Waals surface area contributed by atoms with Crippen molar-refractivity contribution in [3.05, 3.63) is 82.8 Å². The Kier molecular flexibility index (Phi) is 1.89. The molecule has 1 spiro atoms. The zero-order valence-electron chi connectivity index (χ0n) is 16.6. The summed E-state index contributed by atoms with van der Waals surface area (Å²) in [6, 6.07) is 6.36. The van der Waals surface area contributed by atoms with Gasteiger partial charge in [0.15, 0.2) is 5.60 Å². The molecule has 0 atom stereocenters. The fourth-order valence-electron chi connectivity index (χ4n) is 3.39. The fraction of sp³-hybridized carbons (Fsp3) is 0.0500. The molecule has 2 N–H and O–H groups in total. The quantitative estimate of drug-likeness (QED) is 0.611. The lowest BCUT2D eigenvalue weighted by Gasteiger charge is -2.36. The fourth-order valence-corrected chi connectivity index (χ4v) is 3.39. The maximum atomic E-state index is 12.8. The molecule has 122 valence electrons. The minimum absolute atomic E-state index is 0.0318. The predicted octanol–water partition coefficient (Wildman–Crippen LogP) is 3.67. The van der Waals surface area contributed by atoms with Crippen LogP contribution in [0.15, 0.2) is 60.6 Å². The number of hydrogen-bond acceptors (Lipinski definition) is 5. The van der Waals surface area contributed by atoms with Crippen molar-refractivity contribution in [2.75, 3.05) is 0 Å². The van der Waals surface area contributed by atoms with E-state index in [9.17, 15) is 15.0 Å². The van der Waals surface area contributed by atoms with Crippen LogP contribution in [0.25, 0.3) is 0 Å². The van der Waals surface area contributed by atoms with Crippen LogP contribution in [0, 0.1) is 0 Å². The van der Waals surface area contributed by atoms with Crippen molar-refractivity contribution in [1.29, 1.82) is 0 Å². The third-order valence-corrected chi connectivity index (χ3v) is 4.40. The van der Waals surface area contributed by atoms with Gasteiger partial charge in [-0.3, -0.25) is 0 Å². The van der Waals surface area contributed by atoms with Crippen LogP contribution in [-0.2, 0) is 10.3 Å². The topological polar surface area (TPSA) is 76.0 Å². The number of benzene rings is 3. The second kappa shape index (κ2) is 4.54. The summed E-state index contributed by atoms with van der Waals surface area (Å²) in [6.07, 6.45) is 0. The van der Waals surface area contributed by atoms with E-state index in [0.29, 0.717) is 11.1 Å². The molecular formula is C20H12O5. The molecule has 0 saturated carbocycles. The molecule has 3 aromatic rings. The summed E-state index contributed by atoms with van der Waals surface area (Å²) in [5.74, 6) is -0.844. The molecule has 2 aliphatic heterocycles. The van der Waals surface area contributed by atoms with Gasteiger partial charge in [-0.15, -0.1) is 0 Å². The van der Waals surface area contributed by atoms with Crippen LogP contribution in [0.1, 0.15) is 32.5 Å². The average molecular weight is 340 g/mol. The number of rotatable bonds is 0. The third kappa shape index (κ3) is 1.69. The van der Waals surface area contributed by atoms with Crippen LogP contribution >= 0.6 is 0 Å². The zero-order valence-corrected chi connectivity index (χ0v) is 12.6. The van der Waals surface area contributed by atoms with E-state index in [1.807, 2.05) is 0 Å². The van der Waals surface area contributed by atoms with Gasteiger partial charge in [-0.05, 0) is 30.3 Å². The lowest BCUT2D eigenvalue weighted by molar-refractivity contribution is 0.0224. The van der Waals surface area contributed by atoms with Crippen molar-refractivity contribution in [1.82, 2.24) is 0 Å². The van der Waals surface area contributed by atoms with Gasteiger partial charge in [-0.2, -0.15) is 0 Å². The van der Waals surface area contributed by atoms with Gasteiger partial charge < -0.3 is 19.7 Å². The maximum Gasteiger partial charge on any atom is 0.340 e. The van der Waals surface area contributed by atoms with Gasteiger partial charge in [0.1, 0.15) is 23.0 Å². The van der Waals surface area contributed by atoms with E-state index in [2.05, 4.69) is 0 Å². The van der Waals surface area contributed by atoms with E-state index >= 15 is 0 Å². The van der Waals surface area contributed by atoms with Crippen molar-refractivity contribution in [3.63, 3.8) is 0 Å². The molecule has 0 aliphatic carbocycles. The summed E-state index contributed by atoms with van der Waals surface area (Å²) in [5, 5.41) is 19.8. The lowest BCUT2D eigenvalue weighted by atomic mass is 9.77. The monoisotopic (exact) mass is 340 g/mol. The molecule has 5 nitrogen and oxygen atoms in total. The first kappa shape index (κ1) is 10.4. The number of esters is 1. The van der Waals surface area contributed by atoms with Crippen LogP contribution in [0.2, 0.25) is 0 Å². The van der Waals surface area contributed by atoms with Gasteiger partial charge in [0.2, 0.25) is 0 Å². The second-order valence-electron chi connectivity index (χ2n) is 5.78. The Morgan fingerprint density at radius 3 is 2.12 bits per heavy atom. The Hall–Kier alpha value is -3.47. The Morgan fingerprint density at radius 2 is 1.48 bits per heavy atom. The molecule has 25 heavy (non-hydrogen) atoms. The number of carbonyl (C=O) groups is 1. The number of ether oxygens (including phenoxy) is 2. The number of aromatic hydroxyl groups is 2. The number of fused-ring (bicyclic) bond motifs is 6. The maximum absolute atomic E-state index is 12.8. The molecule has 0 unspecified atom stereocenters. The summed E-state index contributed by atoms with van der Waals surface area (Å²) >= 11 is 0. The van der Waals surface area contributed by atoms with Gasteiger partial charge in [0, 0.05) is 28.8 Å². The van der Waals surface area contributed by atoms with Crippen LogP contribution in [0.3, 0.4) is 0 Å². The van der Waals surface area contributed by atoms with Gasteiger partial charge in [-0.25, -0.2) is 4.79 Å². The molecule has 2 heterocycles. The van der Waals surface area contributed by atoms with E-state index in [1.54, 1.807) is 0 Å². The Morgan fingerprint density at radius 1 is 0.880 bits per heavy atom. The van der Waals surface area contributed by atoms with Crippen molar-refractivity contribution < 1.29 is 30.0 Å². The molecule has 0 radical (unpaired) electrons. The van der Waals surface area contributed by atoms with E-state index in [-0.39, 0.29) is 34.1 Å². The SMILES string of the molecule is [3H]c1c([3H])c([3H])c2c(c1[3H])C(=O)OC21c2ccc(O)cc2Oc2cc(O)ccc21. The average Bonchev–Trinajstić information content (AvgIpc) is 2.97. The molecule has 0 fully saturated rings. The largest absolute Gasteiger partial charge is 0.508 e. The molecule has 2 aliphatic rings. The standard InChI is InChI=1S/C20H12O5/c21-11-5-7-15-17(9-11)24-18-10-12(22)6-8-16(18)20(15)14-4-2-1-3-13(14)19(23)25-20/h1-10,21-22H/i1T,2T,3T,4T. The van der Waals surface area contributed by atoms with Crippen molar-refractivity contribution in [2.24, 2.45) is 0 Å². The summed E-state index contributed by atoms with van der Waals surface area (Å²) < 4.78 is 44.2. The number of hydrogen-bond donors (Lipinski definition) is 2. The summed E-state index contributed by atoms with van der Waals surface area (Å²) in [4.78, 5) is 12.8. The first-order valence-electron chi connectivity index (χ1n) is 9.44. The van der Waals surface area contributed by atoms with Gasteiger partial charge in [0.25, 0.3) is 0 Å². The van der Waals surface area contributed by atoms with Crippen molar-refractivity contribution in [3.8, 4) is 23.0 Å². The molecule has 0 amide bonds. The summed E-state index contributed by atoms with van der Waals surface area (Å²) in [6.45, 7) is 0. The van der Waals surface area contributed by atoms with Crippen LogP contribution in [0.4, 0.5) is 0 Å². The van der Waals surface area contributed by atoms with Crippen LogP contribution in [-0.4, -0.2) is 16.2 Å².